The van der Waals surface area contributed by atoms with Gasteiger partial charge in [0.25, 0.3) is 0 Å². The van der Waals surface area contributed by atoms with Crippen molar-refractivity contribution >= 4 is 11.6 Å². The van der Waals surface area contributed by atoms with Crippen molar-refractivity contribution in [2.24, 2.45) is 0 Å². The van der Waals surface area contributed by atoms with Gasteiger partial charge in [-0.2, -0.15) is 0 Å². The fraction of sp³-hybridized carbons (Fsp3) is 0.250. The Kier molecular flexibility index (Phi) is 3.56. The number of hydrogen-bond acceptors (Lipinski definition) is 2. The molecular formula is C16H15ClO2. The van der Waals surface area contributed by atoms with Crippen LogP contribution >= 0.6 is 11.6 Å². The van der Waals surface area contributed by atoms with Crippen LogP contribution in [0.15, 0.2) is 60.7 Å². The lowest BCUT2D eigenvalue weighted by atomic mass is 9.97. The standard InChI is InChI=1S/C16H15ClO2/c17-11-15-12-18-16(19-15,13-7-3-1-4-8-13)14-9-5-2-6-10-14/h1-10,15H,11-12H2/t15-/m1/s1. The molecule has 0 aliphatic carbocycles. The molecule has 1 aliphatic heterocycles. The summed E-state index contributed by atoms with van der Waals surface area (Å²) < 4.78 is 12.1. The molecule has 0 amide bonds. The van der Waals surface area contributed by atoms with Crippen molar-refractivity contribution in [3.8, 4) is 0 Å². The number of alkyl halides is 1. The zero-order chi connectivity index (χ0) is 13.1. The SMILES string of the molecule is ClC[C@@H]1COC(c2ccccc2)(c2ccccc2)O1. The fourth-order valence-electron chi connectivity index (χ4n) is 2.37. The minimum atomic E-state index is -0.831. The van der Waals surface area contributed by atoms with Crippen LogP contribution in [0.5, 0.6) is 0 Å². The quantitative estimate of drug-likeness (QED) is 0.797. The molecule has 0 saturated carbocycles. The van der Waals surface area contributed by atoms with E-state index in [1.165, 1.54) is 0 Å². The molecule has 1 fully saturated rings. The van der Waals surface area contributed by atoms with Crippen LogP contribution in [-0.4, -0.2) is 18.6 Å². The summed E-state index contributed by atoms with van der Waals surface area (Å²) in [6.07, 6.45) is -0.0814. The molecule has 0 unspecified atom stereocenters. The highest BCUT2D eigenvalue weighted by Crippen LogP contribution is 2.40. The number of ether oxygens (including phenoxy) is 2. The predicted molar refractivity (Wildman–Crippen MR) is 75.2 cm³/mol. The maximum Gasteiger partial charge on any atom is 0.222 e. The van der Waals surface area contributed by atoms with Gasteiger partial charge in [0, 0.05) is 11.1 Å². The molecule has 98 valence electrons. The smallest absolute Gasteiger partial charge is 0.222 e. The van der Waals surface area contributed by atoms with Gasteiger partial charge in [-0.3, -0.25) is 0 Å². The molecule has 3 rings (SSSR count). The molecule has 2 aromatic rings. The Bertz CT molecular complexity index is 487. The minimum Gasteiger partial charge on any atom is -0.339 e. The normalized spacial score (nSPS) is 21.4. The highest BCUT2D eigenvalue weighted by Gasteiger charge is 2.44. The summed E-state index contributed by atoms with van der Waals surface area (Å²) >= 11 is 5.91. The number of rotatable bonds is 3. The Morgan fingerprint density at radius 3 is 1.89 bits per heavy atom. The third-order valence-electron chi connectivity index (χ3n) is 3.28. The average Bonchev–Trinajstić information content (AvgIpc) is 2.95. The van der Waals surface area contributed by atoms with Crippen LogP contribution in [0.25, 0.3) is 0 Å². The monoisotopic (exact) mass is 274 g/mol. The molecule has 2 aromatic carbocycles. The van der Waals surface area contributed by atoms with E-state index in [1.807, 2.05) is 60.7 Å². The van der Waals surface area contributed by atoms with Crippen LogP contribution in [0, 0.1) is 0 Å². The van der Waals surface area contributed by atoms with E-state index in [4.69, 9.17) is 21.1 Å². The first-order chi connectivity index (χ1) is 9.35. The second-order valence-corrected chi connectivity index (χ2v) is 4.86. The molecule has 3 heteroatoms. The van der Waals surface area contributed by atoms with Gasteiger partial charge in [0.2, 0.25) is 5.79 Å². The third-order valence-corrected chi connectivity index (χ3v) is 3.63. The predicted octanol–water partition coefficient (Wildman–Crippen LogP) is 3.54. The second-order valence-electron chi connectivity index (χ2n) is 4.55. The molecule has 0 aromatic heterocycles. The van der Waals surface area contributed by atoms with Crippen molar-refractivity contribution in [2.75, 3.05) is 12.5 Å². The maximum absolute atomic E-state index is 6.12. The fourth-order valence-corrected chi connectivity index (χ4v) is 2.53. The molecule has 0 N–H and O–H groups in total. The third kappa shape index (κ3) is 2.27. The van der Waals surface area contributed by atoms with Crippen LogP contribution < -0.4 is 0 Å². The Hall–Kier alpha value is -1.35. The molecule has 1 saturated heterocycles. The first-order valence-corrected chi connectivity index (χ1v) is 6.87. The van der Waals surface area contributed by atoms with Gasteiger partial charge >= 0.3 is 0 Å². The lowest BCUT2D eigenvalue weighted by molar-refractivity contribution is -0.140. The number of benzene rings is 2. The summed E-state index contributed by atoms with van der Waals surface area (Å²) in [7, 11) is 0. The van der Waals surface area contributed by atoms with E-state index >= 15 is 0 Å². The van der Waals surface area contributed by atoms with Crippen LogP contribution in [0.1, 0.15) is 11.1 Å². The molecule has 19 heavy (non-hydrogen) atoms. The minimum absolute atomic E-state index is 0.0814. The van der Waals surface area contributed by atoms with Gasteiger partial charge in [-0.05, 0) is 0 Å². The van der Waals surface area contributed by atoms with Gasteiger partial charge in [0.1, 0.15) is 0 Å². The molecule has 0 bridgehead atoms. The van der Waals surface area contributed by atoms with Gasteiger partial charge < -0.3 is 9.47 Å². The van der Waals surface area contributed by atoms with Crippen molar-refractivity contribution < 1.29 is 9.47 Å². The van der Waals surface area contributed by atoms with E-state index in [-0.39, 0.29) is 6.10 Å². The first-order valence-electron chi connectivity index (χ1n) is 6.34. The first kappa shape index (κ1) is 12.7. The molecule has 0 radical (unpaired) electrons. The van der Waals surface area contributed by atoms with Crippen LogP contribution in [0.3, 0.4) is 0 Å². The van der Waals surface area contributed by atoms with Crippen molar-refractivity contribution in [1.82, 2.24) is 0 Å². The largest absolute Gasteiger partial charge is 0.339 e. The summed E-state index contributed by atoms with van der Waals surface area (Å²) in [6, 6.07) is 20.0. The van der Waals surface area contributed by atoms with Gasteiger partial charge in [0.15, 0.2) is 0 Å². The molecule has 1 aliphatic rings. The summed E-state index contributed by atoms with van der Waals surface area (Å²) in [5.41, 5.74) is 1.99. The summed E-state index contributed by atoms with van der Waals surface area (Å²) in [5, 5.41) is 0. The molecule has 1 heterocycles. The van der Waals surface area contributed by atoms with Gasteiger partial charge in [-0.1, -0.05) is 60.7 Å². The van der Waals surface area contributed by atoms with Gasteiger partial charge in [-0.15, -0.1) is 11.6 Å². The molecule has 1 atom stereocenters. The van der Waals surface area contributed by atoms with Crippen molar-refractivity contribution in [2.45, 2.75) is 11.9 Å². The van der Waals surface area contributed by atoms with E-state index in [0.717, 1.165) is 11.1 Å². The van der Waals surface area contributed by atoms with E-state index < -0.39 is 5.79 Å². The van der Waals surface area contributed by atoms with Crippen LogP contribution in [0.2, 0.25) is 0 Å². The lowest BCUT2D eigenvalue weighted by Gasteiger charge is -2.29. The number of hydrogen-bond donors (Lipinski definition) is 0. The molecule has 0 spiro atoms. The van der Waals surface area contributed by atoms with Crippen LogP contribution in [0.4, 0.5) is 0 Å². The highest BCUT2D eigenvalue weighted by molar-refractivity contribution is 6.18. The summed E-state index contributed by atoms with van der Waals surface area (Å²) in [5.74, 6) is -0.399. The highest BCUT2D eigenvalue weighted by atomic mass is 35.5. The van der Waals surface area contributed by atoms with E-state index in [2.05, 4.69) is 0 Å². The van der Waals surface area contributed by atoms with E-state index in [0.29, 0.717) is 12.5 Å². The van der Waals surface area contributed by atoms with Gasteiger partial charge in [-0.25, -0.2) is 0 Å². The summed E-state index contributed by atoms with van der Waals surface area (Å²) in [6.45, 7) is 0.507. The van der Waals surface area contributed by atoms with Crippen molar-refractivity contribution in [1.29, 1.82) is 0 Å². The Morgan fingerprint density at radius 1 is 0.947 bits per heavy atom. The van der Waals surface area contributed by atoms with E-state index in [1.54, 1.807) is 0 Å². The van der Waals surface area contributed by atoms with Crippen molar-refractivity contribution in [3.05, 3.63) is 71.8 Å². The average molecular weight is 275 g/mol. The Labute approximate surface area is 117 Å². The van der Waals surface area contributed by atoms with Crippen molar-refractivity contribution in [3.63, 3.8) is 0 Å². The van der Waals surface area contributed by atoms with E-state index in [9.17, 15) is 0 Å². The number of halogens is 1. The Morgan fingerprint density at radius 2 is 1.47 bits per heavy atom. The summed E-state index contributed by atoms with van der Waals surface area (Å²) in [4.78, 5) is 0. The Balaban J connectivity index is 2.07. The van der Waals surface area contributed by atoms with Crippen LogP contribution in [-0.2, 0) is 15.3 Å². The second kappa shape index (κ2) is 5.33. The maximum atomic E-state index is 6.12. The van der Waals surface area contributed by atoms with Gasteiger partial charge in [0.05, 0.1) is 18.6 Å². The topological polar surface area (TPSA) is 18.5 Å². The molecule has 2 nitrogen and oxygen atoms in total. The lowest BCUT2D eigenvalue weighted by Crippen LogP contribution is -2.29. The zero-order valence-corrected chi connectivity index (χ0v) is 11.2. The zero-order valence-electron chi connectivity index (χ0n) is 10.5. The molecular weight excluding hydrogens is 260 g/mol.